The second kappa shape index (κ2) is 13.1. The lowest BCUT2D eigenvalue weighted by Crippen LogP contribution is -2.27. The van der Waals surface area contributed by atoms with E-state index in [4.69, 9.17) is 5.10 Å². The summed E-state index contributed by atoms with van der Waals surface area (Å²) in [5.74, 6) is -2.86. The molecule has 48 heavy (non-hydrogen) atoms. The quantitative estimate of drug-likeness (QED) is 0.205. The van der Waals surface area contributed by atoms with Gasteiger partial charge in [-0.2, -0.15) is 5.10 Å². The van der Waals surface area contributed by atoms with E-state index in [2.05, 4.69) is 4.98 Å². The predicted octanol–water partition coefficient (Wildman–Crippen LogP) is 7.42. The van der Waals surface area contributed by atoms with E-state index in [-0.39, 0.29) is 35.1 Å². The standard InChI is InChI=1S/C38H40FN3O5S/c1-24(37(44)45)19-25-7-4-9-27(20-25)34-11-6-15-38(2,3)23-48(46,47)18-14-30-29-12-16-40-33(29)22-31(39)35(30)36(43)28-10-5-8-26(21-28)32-13-17-42(34)41-32/h4-5,7-10,12-13,16-17,20-22,24,34,40H,6,11,14-15,18-19,23H2,1-3H3,(H,44,45)/t24-,34?/m1/s1. The lowest BCUT2D eigenvalue weighted by atomic mass is 9.87. The zero-order valence-electron chi connectivity index (χ0n) is 27.4. The van der Waals surface area contributed by atoms with Gasteiger partial charge in [-0.3, -0.25) is 14.3 Å². The molecule has 250 valence electrons. The number of fused-ring (bicyclic) bond motifs is 8. The normalized spacial score (nSPS) is 18.8. The molecule has 10 heteroatoms. The summed E-state index contributed by atoms with van der Waals surface area (Å²) in [6.07, 6.45) is 6.00. The number of H-pyrrole nitrogens is 1. The van der Waals surface area contributed by atoms with E-state index in [1.165, 1.54) is 6.07 Å². The minimum atomic E-state index is -3.58. The SMILES string of the molecule is C[C@H](Cc1cccc(C2CCCC(C)(C)CS(=O)(=O)CCc3c(c(F)cc4[nH]ccc34)C(=O)c3cccc(c3)-c3ccn2n3)c1)C(=O)O. The van der Waals surface area contributed by atoms with E-state index in [9.17, 15) is 23.1 Å². The summed E-state index contributed by atoms with van der Waals surface area (Å²) < 4.78 is 44.8. The van der Waals surface area contributed by atoms with E-state index in [1.54, 1.807) is 37.4 Å². The second-order valence-electron chi connectivity index (χ2n) is 13.8. The molecule has 2 atom stereocenters. The molecule has 1 aliphatic rings. The molecule has 2 N–H and O–H groups in total. The summed E-state index contributed by atoms with van der Waals surface area (Å²) in [5, 5.41) is 15.0. The van der Waals surface area contributed by atoms with Crippen molar-refractivity contribution in [2.24, 2.45) is 11.3 Å². The Hall–Kier alpha value is -4.57. The number of aromatic nitrogens is 3. The average Bonchev–Trinajstić information content (AvgIpc) is 3.71. The number of carbonyl (C=O) groups excluding carboxylic acids is 1. The molecule has 0 aliphatic carbocycles. The van der Waals surface area contributed by atoms with Crippen LogP contribution in [0, 0.1) is 17.2 Å². The number of ketones is 1. The van der Waals surface area contributed by atoms with Crippen LogP contribution < -0.4 is 0 Å². The van der Waals surface area contributed by atoms with Gasteiger partial charge in [0.05, 0.1) is 34.7 Å². The monoisotopic (exact) mass is 669 g/mol. The average molecular weight is 670 g/mol. The van der Waals surface area contributed by atoms with Gasteiger partial charge in [-0.05, 0) is 72.1 Å². The van der Waals surface area contributed by atoms with Crippen LogP contribution in [0.4, 0.5) is 4.39 Å². The number of aliphatic carboxylic acids is 1. The first-order chi connectivity index (χ1) is 22.8. The molecule has 0 spiro atoms. The molecule has 6 rings (SSSR count). The molecule has 0 fully saturated rings. The van der Waals surface area contributed by atoms with Crippen molar-refractivity contribution < 1.29 is 27.5 Å². The third-order valence-corrected chi connectivity index (χ3v) is 11.4. The number of aryl methyl sites for hydroxylation is 1. The number of benzene rings is 3. The van der Waals surface area contributed by atoms with Gasteiger partial charge < -0.3 is 10.1 Å². The summed E-state index contributed by atoms with van der Waals surface area (Å²) in [4.78, 5) is 28.6. The van der Waals surface area contributed by atoms with E-state index in [1.807, 2.05) is 61.1 Å². The zero-order valence-corrected chi connectivity index (χ0v) is 28.2. The first-order valence-electron chi connectivity index (χ1n) is 16.3. The van der Waals surface area contributed by atoms with Crippen LogP contribution >= 0.6 is 0 Å². The van der Waals surface area contributed by atoms with Gasteiger partial charge in [0.2, 0.25) is 0 Å². The number of hydrogen-bond donors (Lipinski definition) is 2. The van der Waals surface area contributed by atoms with Crippen LogP contribution in [0.3, 0.4) is 0 Å². The summed E-state index contributed by atoms with van der Waals surface area (Å²) in [7, 11) is -3.58. The predicted molar refractivity (Wildman–Crippen MR) is 184 cm³/mol. The summed E-state index contributed by atoms with van der Waals surface area (Å²) in [6, 6.07) is 19.6. The lowest BCUT2D eigenvalue weighted by molar-refractivity contribution is -0.141. The number of hydrogen-bond acceptors (Lipinski definition) is 5. The Morgan fingerprint density at radius 3 is 2.67 bits per heavy atom. The Bertz CT molecular complexity index is 2110. The van der Waals surface area contributed by atoms with E-state index in [0.29, 0.717) is 47.0 Å². The van der Waals surface area contributed by atoms with Crippen molar-refractivity contribution in [1.29, 1.82) is 0 Å². The number of carbonyl (C=O) groups is 2. The van der Waals surface area contributed by atoms with Crippen molar-refractivity contribution >= 4 is 32.5 Å². The lowest BCUT2D eigenvalue weighted by Gasteiger charge is -2.26. The smallest absolute Gasteiger partial charge is 0.306 e. The summed E-state index contributed by atoms with van der Waals surface area (Å²) in [5.41, 5.74) is 3.76. The van der Waals surface area contributed by atoms with Gasteiger partial charge in [0.1, 0.15) is 5.82 Å². The second-order valence-corrected chi connectivity index (χ2v) is 16.0. The Balaban J connectivity index is 1.45. The molecular formula is C38H40FN3O5S. The molecule has 2 aromatic heterocycles. The fourth-order valence-corrected chi connectivity index (χ4v) is 8.96. The molecule has 8 nitrogen and oxygen atoms in total. The number of rotatable bonds is 4. The van der Waals surface area contributed by atoms with Gasteiger partial charge >= 0.3 is 5.97 Å². The zero-order chi connectivity index (χ0) is 34.2. The van der Waals surface area contributed by atoms with Crippen LogP contribution in [0.5, 0.6) is 0 Å². The van der Waals surface area contributed by atoms with Gasteiger partial charge in [-0.1, -0.05) is 69.7 Å². The number of nitrogens with zero attached hydrogens (tertiary/aromatic N) is 2. The molecule has 0 saturated heterocycles. The highest BCUT2D eigenvalue weighted by Crippen LogP contribution is 2.34. The number of sulfone groups is 1. The fraction of sp³-hybridized carbons (Fsp3) is 0.342. The minimum absolute atomic E-state index is 0.00854. The molecule has 3 aromatic carbocycles. The van der Waals surface area contributed by atoms with Gasteiger partial charge in [0.15, 0.2) is 15.6 Å². The summed E-state index contributed by atoms with van der Waals surface area (Å²) in [6.45, 7) is 5.59. The first-order valence-corrected chi connectivity index (χ1v) is 18.1. The maximum Gasteiger partial charge on any atom is 0.306 e. The Kier molecular flexibility index (Phi) is 9.13. The molecule has 0 amide bonds. The van der Waals surface area contributed by atoms with Crippen LogP contribution in [-0.2, 0) is 27.5 Å². The van der Waals surface area contributed by atoms with Gasteiger partial charge in [-0.25, -0.2) is 12.8 Å². The molecule has 0 saturated carbocycles. The number of carboxylic acid groups (broad SMARTS) is 1. The van der Waals surface area contributed by atoms with Crippen LogP contribution in [0.15, 0.2) is 79.1 Å². The fourth-order valence-electron chi connectivity index (χ4n) is 6.97. The number of carboxylic acids is 1. The molecular weight excluding hydrogens is 629 g/mol. The van der Waals surface area contributed by atoms with Crippen molar-refractivity contribution in [3.8, 4) is 11.3 Å². The number of halogens is 1. The van der Waals surface area contributed by atoms with E-state index in [0.717, 1.165) is 17.5 Å². The van der Waals surface area contributed by atoms with Crippen LogP contribution in [-0.4, -0.2) is 51.5 Å². The summed E-state index contributed by atoms with van der Waals surface area (Å²) >= 11 is 0. The van der Waals surface area contributed by atoms with Crippen molar-refractivity contribution in [2.75, 3.05) is 11.5 Å². The Morgan fingerprint density at radius 2 is 1.88 bits per heavy atom. The van der Waals surface area contributed by atoms with Gasteiger partial charge in [0.25, 0.3) is 0 Å². The molecule has 1 unspecified atom stereocenters. The number of aromatic amines is 1. The highest BCUT2D eigenvalue weighted by molar-refractivity contribution is 7.91. The Morgan fingerprint density at radius 1 is 1.10 bits per heavy atom. The maximum absolute atomic E-state index is 15.7. The molecule has 3 heterocycles. The molecule has 4 bridgehead atoms. The third-order valence-electron chi connectivity index (χ3n) is 9.40. The Labute approximate surface area is 279 Å². The largest absolute Gasteiger partial charge is 0.481 e. The van der Waals surface area contributed by atoms with Gasteiger partial charge in [-0.15, -0.1) is 0 Å². The van der Waals surface area contributed by atoms with Crippen LogP contribution in [0.1, 0.15) is 78.7 Å². The van der Waals surface area contributed by atoms with E-state index >= 15 is 4.39 Å². The maximum atomic E-state index is 15.7. The van der Waals surface area contributed by atoms with Crippen molar-refractivity contribution in [2.45, 2.75) is 58.9 Å². The van der Waals surface area contributed by atoms with Crippen LogP contribution in [0.2, 0.25) is 0 Å². The molecule has 1 aliphatic heterocycles. The highest BCUT2D eigenvalue weighted by atomic mass is 32.2. The third kappa shape index (κ3) is 7.13. The highest BCUT2D eigenvalue weighted by Gasteiger charge is 2.29. The van der Waals surface area contributed by atoms with E-state index < -0.39 is 38.7 Å². The first kappa shape index (κ1) is 33.3. The molecule has 5 aromatic rings. The molecule has 0 radical (unpaired) electrons. The topological polar surface area (TPSA) is 122 Å². The van der Waals surface area contributed by atoms with Crippen LogP contribution in [0.25, 0.3) is 22.2 Å². The van der Waals surface area contributed by atoms with Gasteiger partial charge in [0, 0.05) is 34.4 Å². The van der Waals surface area contributed by atoms with Crippen molar-refractivity contribution in [1.82, 2.24) is 14.8 Å². The number of nitrogens with one attached hydrogen (secondary N) is 1. The van der Waals surface area contributed by atoms with Crippen molar-refractivity contribution in [3.05, 3.63) is 113 Å². The van der Waals surface area contributed by atoms with Crippen molar-refractivity contribution in [3.63, 3.8) is 0 Å². The minimum Gasteiger partial charge on any atom is -0.481 e.